The molecule has 150 valence electrons. The minimum atomic E-state index is -3.72. The quantitative estimate of drug-likeness (QED) is 0.831. The molecule has 0 saturated carbocycles. The van der Waals surface area contributed by atoms with Crippen LogP contribution in [0, 0.1) is 34.6 Å². The lowest BCUT2D eigenvalue weighted by molar-refractivity contribution is -0.118. The molecule has 0 fully saturated rings. The molecule has 0 aliphatic carbocycles. The fourth-order valence-electron chi connectivity index (χ4n) is 4.05. The number of hydrogen-bond donors (Lipinski definition) is 1. The molecule has 1 N–H and O–H groups in total. The van der Waals surface area contributed by atoms with Gasteiger partial charge in [-0.1, -0.05) is 0 Å². The van der Waals surface area contributed by atoms with E-state index in [2.05, 4.69) is 4.72 Å². The maximum absolute atomic E-state index is 13.2. The first-order valence-electron chi connectivity index (χ1n) is 9.61. The molecule has 0 spiro atoms. The van der Waals surface area contributed by atoms with Crippen molar-refractivity contribution in [2.45, 2.75) is 59.3 Å². The van der Waals surface area contributed by atoms with Gasteiger partial charge in [0.2, 0.25) is 5.91 Å². The Kier molecular flexibility index (Phi) is 5.28. The summed E-state index contributed by atoms with van der Waals surface area (Å²) in [7, 11) is -3.72. The predicted molar refractivity (Wildman–Crippen MR) is 114 cm³/mol. The van der Waals surface area contributed by atoms with E-state index < -0.39 is 10.0 Å². The lowest BCUT2D eigenvalue weighted by atomic mass is 9.95. The minimum Gasteiger partial charge on any atom is -0.312 e. The zero-order valence-corrected chi connectivity index (χ0v) is 18.3. The molecule has 28 heavy (non-hydrogen) atoms. The van der Waals surface area contributed by atoms with Crippen LogP contribution in [0.25, 0.3) is 0 Å². The number of nitrogens with one attached hydrogen (secondary N) is 1. The van der Waals surface area contributed by atoms with Crippen LogP contribution in [0.2, 0.25) is 0 Å². The van der Waals surface area contributed by atoms with Crippen LogP contribution in [0.15, 0.2) is 23.1 Å². The maximum atomic E-state index is 13.2. The second kappa shape index (κ2) is 7.24. The second-order valence-electron chi connectivity index (χ2n) is 7.54. The van der Waals surface area contributed by atoms with Crippen molar-refractivity contribution in [1.29, 1.82) is 0 Å². The fraction of sp³-hybridized carbons (Fsp3) is 0.409. The first-order valence-corrected chi connectivity index (χ1v) is 11.1. The highest BCUT2D eigenvalue weighted by molar-refractivity contribution is 7.92. The van der Waals surface area contributed by atoms with Crippen molar-refractivity contribution in [1.82, 2.24) is 0 Å². The third kappa shape index (κ3) is 3.30. The average molecular weight is 401 g/mol. The molecule has 1 aliphatic heterocycles. The SMILES string of the molecule is CCN1C(=O)CCc2cc(NS(=O)(=O)c3c(C)c(C)c(C)c(C)c3C)ccc21. The molecule has 0 unspecified atom stereocenters. The van der Waals surface area contributed by atoms with E-state index in [1.54, 1.807) is 11.0 Å². The van der Waals surface area contributed by atoms with Gasteiger partial charge in [-0.15, -0.1) is 0 Å². The molecule has 0 radical (unpaired) electrons. The topological polar surface area (TPSA) is 66.5 Å². The summed E-state index contributed by atoms with van der Waals surface area (Å²) in [5, 5.41) is 0. The summed E-state index contributed by atoms with van der Waals surface area (Å²) < 4.78 is 29.2. The zero-order chi connectivity index (χ0) is 20.8. The second-order valence-corrected chi connectivity index (χ2v) is 9.16. The Balaban J connectivity index is 2.02. The Morgan fingerprint density at radius 2 is 1.50 bits per heavy atom. The summed E-state index contributed by atoms with van der Waals surface area (Å²) in [6.45, 7) is 12.2. The maximum Gasteiger partial charge on any atom is 0.262 e. The van der Waals surface area contributed by atoms with Crippen molar-refractivity contribution in [3.8, 4) is 0 Å². The molecule has 0 saturated heterocycles. The molecule has 1 amide bonds. The van der Waals surface area contributed by atoms with Gasteiger partial charge >= 0.3 is 0 Å². The number of benzene rings is 2. The van der Waals surface area contributed by atoms with Gasteiger partial charge in [0.15, 0.2) is 0 Å². The summed E-state index contributed by atoms with van der Waals surface area (Å²) in [4.78, 5) is 14.2. The normalized spacial score (nSPS) is 14.2. The van der Waals surface area contributed by atoms with E-state index >= 15 is 0 Å². The fourth-order valence-corrected chi connectivity index (χ4v) is 5.70. The molecule has 0 bridgehead atoms. The van der Waals surface area contributed by atoms with E-state index in [-0.39, 0.29) is 5.91 Å². The number of fused-ring (bicyclic) bond motifs is 1. The van der Waals surface area contributed by atoms with Crippen molar-refractivity contribution < 1.29 is 13.2 Å². The van der Waals surface area contributed by atoms with Crippen LogP contribution >= 0.6 is 0 Å². The largest absolute Gasteiger partial charge is 0.312 e. The van der Waals surface area contributed by atoms with Crippen LogP contribution in [-0.2, 0) is 21.2 Å². The third-order valence-corrected chi connectivity index (χ3v) is 7.70. The number of anilines is 2. The van der Waals surface area contributed by atoms with E-state index in [1.165, 1.54) is 0 Å². The Labute approximate surface area is 167 Å². The molecule has 6 heteroatoms. The number of hydrogen-bond acceptors (Lipinski definition) is 3. The molecular weight excluding hydrogens is 372 g/mol. The van der Waals surface area contributed by atoms with E-state index in [4.69, 9.17) is 0 Å². The molecule has 5 nitrogen and oxygen atoms in total. The number of rotatable bonds is 4. The van der Waals surface area contributed by atoms with Crippen LogP contribution in [0.5, 0.6) is 0 Å². The van der Waals surface area contributed by atoms with Gasteiger partial charge in [-0.25, -0.2) is 8.42 Å². The first-order chi connectivity index (χ1) is 13.1. The highest BCUT2D eigenvalue weighted by Crippen LogP contribution is 2.33. The van der Waals surface area contributed by atoms with Crippen molar-refractivity contribution in [2.24, 2.45) is 0 Å². The number of sulfonamides is 1. The monoisotopic (exact) mass is 400 g/mol. The van der Waals surface area contributed by atoms with Crippen molar-refractivity contribution in [3.05, 3.63) is 51.6 Å². The summed E-state index contributed by atoms with van der Waals surface area (Å²) in [5.74, 6) is 0.111. The van der Waals surface area contributed by atoms with Gasteiger partial charge in [-0.2, -0.15) is 0 Å². The lowest BCUT2D eigenvalue weighted by Crippen LogP contribution is -2.34. The summed E-state index contributed by atoms with van der Waals surface area (Å²) >= 11 is 0. The Hall–Kier alpha value is -2.34. The van der Waals surface area contributed by atoms with Gasteiger partial charge in [-0.3, -0.25) is 9.52 Å². The molecule has 1 aliphatic rings. The Morgan fingerprint density at radius 3 is 2.07 bits per heavy atom. The summed E-state index contributed by atoms with van der Waals surface area (Å²) in [6, 6.07) is 5.41. The van der Waals surface area contributed by atoms with E-state index in [1.807, 2.05) is 53.7 Å². The molecule has 1 heterocycles. The summed E-state index contributed by atoms with van der Waals surface area (Å²) in [5.41, 5.74) is 7.10. The van der Waals surface area contributed by atoms with Gasteiger partial charge in [0.05, 0.1) is 4.90 Å². The van der Waals surface area contributed by atoms with Crippen LogP contribution < -0.4 is 9.62 Å². The molecule has 0 aromatic heterocycles. The number of carbonyl (C=O) groups excluding carboxylic acids is 1. The standard InChI is InChI=1S/C22H28N2O3S/c1-7-24-20-10-9-19(12-18(20)8-11-21(24)25)23-28(26,27)22-16(5)14(3)13(2)15(4)17(22)6/h9-10,12,23H,7-8,11H2,1-6H3. The molecular formula is C22H28N2O3S. The number of amides is 1. The number of nitrogens with zero attached hydrogens (tertiary/aromatic N) is 1. The Bertz CT molecular complexity index is 1040. The van der Waals surface area contributed by atoms with Gasteiger partial charge in [0.25, 0.3) is 10.0 Å². The van der Waals surface area contributed by atoms with Crippen LogP contribution in [-0.4, -0.2) is 20.9 Å². The van der Waals surface area contributed by atoms with E-state index in [0.717, 1.165) is 39.1 Å². The lowest BCUT2D eigenvalue weighted by Gasteiger charge is -2.28. The van der Waals surface area contributed by atoms with E-state index in [0.29, 0.717) is 30.0 Å². The van der Waals surface area contributed by atoms with Crippen LogP contribution in [0.1, 0.15) is 46.7 Å². The van der Waals surface area contributed by atoms with Crippen LogP contribution in [0.3, 0.4) is 0 Å². The van der Waals surface area contributed by atoms with Gasteiger partial charge in [0, 0.05) is 24.3 Å². The van der Waals surface area contributed by atoms with Gasteiger partial charge < -0.3 is 4.90 Å². The first kappa shape index (κ1) is 20.4. The van der Waals surface area contributed by atoms with Crippen molar-refractivity contribution >= 4 is 27.3 Å². The zero-order valence-electron chi connectivity index (χ0n) is 17.4. The third-order valence-electron chi connectivity index (χ3n) is 6.05. The minimum absolute atomic E-state index is 0.111. The van der Waals surface area contributed by atoms with Crippen molar-refractivity contribution in [3.63, 3.8) is 0 Å². The van der Waals surface area contributed by atoms with Crippen LogP contribution in [0.4, 0.5) is 11.4 Å². The number of aryl methyl sites for hydroxylation is 1. The average Bonchev–Trinajstić information content (AvgIpc) is 2.64. The highest BCUT2D eigenvalue weighted by Gasteiger charge is 2.26. The Morgan fingerprint density at radius 1 is 0.929 bits per heavy atom. The smallest absolute Gasteiger partial charge is 0.262 e. The van der Waals surface area contributed by atoms with Gasteiger partial charge in [-0.05, 0) is 99.5 Å². The predicted octanol–water partition coefficient (Wildman–Crippen LogP) is 4.33. The van der Waals surface area contributed by atoms with E-state index in [9.17, 15) is 13.2 Å². The molecule has 3 rings (SSSR count). The highest BCUT2D eigenvalue weighted by atomic mass is 32.2. The molecule has 0 atom stereocenters. The summed E-state index contributed by atoms with van der Waals surface area (Å²) in [6.07, 6.45) is 1.08. The van der Waals surface area contributed by atoms with Crippen molar-refractivity contribution in [2.75, 3.05) is 16.2 Å². The molecule has 2 aromatic rings. The molecule has 2 aromatic carbocycles. The van der Waals surface area contributed by atoms with Gasteiger partial charge in [0.1, 0.15) is 0 Å². The number of carbonyl (C=O) groups is 1.